The normalized spacial score (nSPS) is 14.6. The lowest BCUT2D eigenvalue weighted by Crippen LogP contribution is -2.48. The highest BCUT2D eigenvalue weighted by molar-refractivity contribution is 6.14. The van der Waals surface area contributed by atoms with Gasteiger partial charge in [0.15, 0.2) is 0 Å². The number of hydrogen-bond donors (Lipinski definition) is 1. The molecule has 1 aliphatic rings. The van der Waals surface area contributed by atoms with Crippen molar-refractivity contribution < 1.29 is 18.7 Å². The van der Waals surface area contributed by atoms with Crippen LogP contribution in [0.15, 0.2) is 52.9 Å². The molecule has 0 aliphatic carbocycles. The van der Waals surface area contributed by atoms with E-state index in [1.54, 1.807) is 42.3 Å². The molecule has 7 nitrogen and oxygen atoms in total. The molecule has 1 fully saturated rings. The molecule has 0 spiro atoms. The van der Waals surface area contributed by atoms with Crippen molar-refractivity contribution in [2.45, 2.75) is 13.3 Å². The van der Waals surface area contributed by atoms with Gasteiger partial charge < -0.3 is 19.4 Å². The van der Waals surface area contributed by atoms with Crippen molar-refractivity contribution in [3.63, 3.8) is 0 Å². The van der Waals surface area contributed by atoms with E-state index in [0.29, 0.717) is 41.1 Å². The number of carbonyl (C=O) groups excluding carboxylic acids is 2. The average Bonchev–Trinajstić information content (AvgIpc) is 3.17. The molecule has 0 unspecified atom stereocenters. The Morgan fingerprint density at radius 2 is 1.74 bits per heavy atom. The second-order valence-corrected chi connectivity index (χ2v) is 7.62. The molecule has 3 aromatic rings. The number of hydrogen-bond acceptors (Lipinski definition) is 5. The minimum Gasteiger partial charge on any atom is -0.497 e. The first-order chi connectivity index (χ1) is 15.1. The van der Waals surface area contributed by atoms with E-state index in [0.717, 1.165) is 26.1 Å². The Balaban J connectivity index is 1.60. The number of benzene rings is 2. The van der Waals surface area contributed by atoms with Crippen LogP contribution in [0.25, 0.3) is 11.0 Å². The summed E-state index contributed by atoms with van der Waals surface area (Å²) in [5.74, 6) is 0.337. The van der Waals surface area contributed by atoms with Crippen molar-refractivity contribution in [3.8, 4) is 5.75 Å². The van der Waals surface area contributed by atoms with Crippen LogP contribution in [0.4, 0.5) is 5.69 Å². The summed E-state index contributed by atoms with van der Waals surface area (Å²) >= 11 is 0. The number of rotatable bonds is 6. The van der Waals surface area contributed by atoms with Crippen molar-refractivity contribution in [1.29, 1.82) is 0 Å². The molecule has 4 rings (SSSR count). The number of piperazine rings is 1. The number of fused-ring (bicyclic) bond motifs is 1. The van der Waals surface area contributed by atoms with Crippen LogP contribution in [-0.4, -0.2) is 61.4 Å². The maximum Gasteiger partial charge on any atom is 0.291 e. The smallest absolute Gasteiger partial charge is 0.291 e. The number of ether oxygens (including phenoxy) is 1. The molecule has 2 aromatic carbocycles. The Hall–Kier alpha value is -3.32. The Morgan fingerprint density at radius 1 is 1.03 bits per heavy atom. The number of para-hydroxylation sites is 1. The molecule has 0 saturated carbocycles. The van der Waals surface area contributed by atoms with Gasteiger partial charge >= 0.3 is 0 Å². The third kappa shape index (κ3) is 4.41. The van der Waals surface area contributed by atoms with Crippen molar-refractivity contribution in [3.05, 3.63) is 59.9 Å². The summed E-state index contributed by atoms with van der Waals surface area (Å²) in [6, 6.07) is 14.2. The van der Waals surface area contributed by atoms with Gasteiger partial charge in [-0.1, -0.05) is 19.1 Å². The first-order valence-corrected chi connectivity index (χ1v) is 10.6. The van der Waals surface area contributed by atoms with E-state index in [4.69, 9.17) is 9.15 Å². The van der Waals surface area contributed by atoms with Crippen molar-refractivity contribution in [2.24, 2.45) is 0 Å². The lowest BCUT2D eigenvalue weighted by atomic mass is 10.1. The molecule has 1 N–H and O–H groups in total. The number of nitrogens with zero attached hydrogens (tertiary/aromatic N) is 2. The second kappa shape index (κ2) is 9.22. The fourth-order valence-electron chi connectivity index (χ4n) is 3.88. The zero-order valence-corrected chi connectivity index (χ0v) is 17.9. The quantitative estimate of drug-likeness (QED) is 0.654. The predicted molar refractivity (Wildman–Crippen MR) is 120 cm³/mol. The Morgan fingerprint density at radius 3 is 2.42 bits per heavy atom. The largest absolute Gasteiger partial charge is 0.497 e. The van der Waals surface area contributed by atoms with Gasteiger partial charge in [0.2, 0.25) is 5.76 Å². The van der Waals surface area contributed by atoms with Gasteiger partial charge in [0.25, 0.3) is 11.8 Å². The molecule has 2 heterocycles. The predicted octanol–water partition coefficient (Wildman–Crippen LogP) is 3.86. The summed E-state index contributed by atoms with van der Waals surface area (Å²) in [4.78, 5) is 30.4. The SMILES string of the molecule is CCCN1CCN(C(=O)c2oc3ccccc3c2NC(=O)c2ccc(OC)cc2)CC1. The van der Waals surface area contributed by atoms with Crippen LogP contribution in [0.5, 0.6) is 5.75 Å². The lowest BCUT2D eigenvalue weighted by molar-refractivity contribution is 0.0610. The number of amides is 2. The lowest BCUT2D eigenvalue weighted by Gasteiger charge is -2.34. The minimum absolute atomic E-state index is 0.173. The van der Waals surface area contributed by atoms with Gasteiger partial charge in [0.05, 0.1) is 7.11 Å². The zero-order valence-electron chi connectivity index (χ0n) is 17.9. The molecule has 2 amide bonds. The summed E-state index contributed by atoms with van der Waals surface area (Å²) in [7, 11) is 1.58. The fourth-order valence-corrected chi connectivity index (χ4v) is 3.88. The average molecular weight is 421 g/mol. The summed E-state index contributed by atoms with van der Waals surface area (Å²) in [5, 5.41) is 3.61. The third-order valence-corrected chi connectivity index (χ3v) is 5.58. The summed E-state index contributed by atoms with van der Waals surface area (Å²) in [6.07, 6.45) is 1.10. The van der Waals surface area contributed by atoms with E-state index in [2.05, 4.69) is 17.1 Å². The molecular formula is C24H27N3O4. The molecule has 1 saturated heterocycles. The van der Waals surface area contributed by atoms with Crippen LogP contribution >= 0.6 is 0 Å². The Bertz CT molecular complexity index is 1070. The van der Waals surface area contributed by atoms with Crippen LogP contribution in [0, 0.1) is 0 Å². The van der Waals surface area contributed by atoms with Crippen molar-refractivity contribution >= 4 is 28.5 Å². The van der Waals surface area contributed by atoms with E-state index in [1.807, 2.05) is 18.2 Å². The molecule has 7 heteroatoms. The molecule has 0 radical (unpaired) electrons. The van der Waals surface area contributed by atoms with Gasteiger partial charge in [-0.2, -0.15) is 0 Å². The van der Waals surface area contributed by atoms with Gasteiger partial charge in [-0.3, -0.25) is 14.5 Å². The highest BCUT2D eigenvalue weighted by Gasteiger charge is 2.28. The minimum atomic E-state index is -0.309. The third-order valence-electron chi connectivity index (χ3n) is 5.58. The van der Waals surface area contributed by atoms with Crippen LogP contribution in [-0.2, 0) is 0 Å². The van der Waals surface area contributed by atoms with Gasteiger partial charge in [0, 0.05) is 37.1 Å². The maximum absolute atomic E-state index is 13.3. The van der Waals surface area contributed by atoms with Gasteiger partial charge in [-0.15, -0.1) is 0 Å². The standard InChI is InChI=1S/C24H27N3O4/c1-3-12-26-13-15-27(16-14-26)24(29)22-21(19-6-4-5-7-20(19)31-22)25-23(28)17-8-10-18(30-2)11-9-17/h4-11H,3,12-16H2,1-2H3,(H,25,28). The van der Waals surface area contributed by atoms with Crippen LogP contribution < -0.4 is 10.1 Å². The summed E-state index contributed by atoms with van der Waals surface area (Å²) in [6.45, 7) is 6.16. The molecular weight excluding hydrogens is 394 g/mol. The Kier molecular flexibility index (Phi) is 6.23. The fraction of sp³-hybridized carbons (Fsp3) is 0.333. The number of carbonyl (C=O) groups is 2. The molecule has 31 heavy (non-hydrogen) atoms. The van der Waals surface area contributed by atoms with Crippen LogP contribution in [0.3, 0.4) is 0 Å². The van der Waals surface area contributed by atoms with Gasteiger partial charge in [-0.05, 0) is 49.4 Å². The van der Waals surface area contributed by atoms with Gasteiger partial charge in [-0.25, -0.2) is 0 Å². The second-order valence-electron chi connectivity index (χ2n) is 7.62. The molecule has 0 bridgehead atoms. The van der Waals surface area contributed by atoms with E-state index in [9.17, 15) is 9.59 Å². The molecule has 1 aromatic heterocycles. The van der Waals surface area contributed by atoms with Crippen LogP contribution in [0.2, 0.25) is 0 Å². The van der Waals surface area contributed by atoms with Gasteiger partial charge in [0.1, 0.15) is 17.0 Å². The zero-order chi connectivity index (χ0) is 21.8. The summed E-state index contributed by atoms with van der Waals surface area (Å²) in [5.41, 5.74) is 1.45. The monoisotopic (exact) mass is 421 g/mol. The highest BCUT2D eigenvalue weighted by Crippen LogP contribution is 2.32. The molecule has 0 atom stereocenters. The number of anilines is 1. The van der Waals surface area contributed by atoms with Crippen molar-refractivity contribution in [2.75, 3.05) is 45.2 Å². The first-order valence-electron chi connectivity index (χ1n) is 10.6. The number of nitrogens with one attached hydrogen (secondary N) is 1. The van der Waals surface area contributed by atoms with E-state index < -0.39 is 0 Å². The van der Waals surface area contributed by atoms with Crippen molar-refractivity contribution in [1.82, 2.24) is 9.80 Å². The topological polar surface area (TPSA) is 75.0 Å². The number of furan rings is 1. The maximum atomic E-state index is 13.3. The highest BCUT2D eigenvalue weighted by atomic mass is 16.5. The Labute approximate surface area is 181 Å². The van der Waals surface area contributed by atoms with E-state index in [-0.39, 0.29) is 17.6 Å². The summed E-state index contributed by atoms with van der Waals surface area (Å²) < 4.78 is 11.1. The van der Waals surface area contributed by atoms with E-state index >= 15 is 0 Å². The number of methoxy groups -OCH3 is 1. The molecule has 1 aliphatic heterocycles. The van der Waals surface area contributed by atoms with Crippen LogP contribution in [0.1, 0.15) is 34.3 Å². The van der Waals surface area contributed by atoms with E-state index in [1.165, 1.54) is 0 Å². The first kappa shape index (κ1) is 20.9. The molecule has 162 valence electrons.